The van der Waals surface area contributed by atoms with Crippen LogP contribution in [0.2, 0.25) is 0 Å². The Balaban J connectivity index is 0.00000147. The molecule has 0 radical (unpaired) electrons. The van der Waals surface area contributed by atoms with Crippen LogP contribution >= 0.6 is 12.4 Å². The molecule has 20 heavy (non-hydrogen) atoms. The average molecular weight is 299 g/mol. The lowest BCUT2D eigenvalue weighted by molar-refractivity contribution is 0.121. The van der Waals surface area contributed by atoms with Crippen LogP contribution in [0.3, 0.4) is 0 Å². The van der Waals surface area contributed by atoms with Crippen molar-refractivity contribution in [3.8, 4) is 0 Å². The molecule has 2 aliphatic heterocycles. The molecule has 5 heteroatoms. The molecule has 114 valence electrons. The van der Waals surface area contributed by atoms with Crippen LogP contribution in [0.1, 0.15) is 26.2 Å². The highest BCUT2D eigenvalue weighted by atomic mass is 35.5. The molecule has 0 bridgehead atoms. The quantitative estimate of drug-likeness (QED) is 0.923. The number of hydrogen-bond donors (Lipinski definition) is 1. The first-order valence-electron chi connectivity index (χ1n) is 7.64. The summed E-state index contributed by atoms with van der Waals surface area (Å²) in [7, 11) is 0. The molecule has 1 aromatic heterocycles. The van der Waals surface area contributed by atoms with E-state index in [1.807, 2.05) is 12.3 Å². The fraction of sp³-hybridized carbons (Fsp3) is 0.800. The number of aromatic nitrogens is 2. The van der Waals surface area contributed by atoms with Gasteiger partial charge in [-0.3, -0.25) is 4.68 Å². The Morgan fingerprint density at radius 2 is 2.15 bits per heavy atom. The van der Waals surface area contributed by atoms with Gasteiger partial charge in [-0.25, -0.2) is 0 Å². The first-order valence-corrected chi connectivity index (χ1v) is 7.64. The van der Waals surface area contributed by atoms with Crippen LogP contribution in [0.5, 0.6) is 0 Å². The lowest BCUT2D eigenvalue weighted by Crippen LogP contribution is -2.42. The van der Waals surface area contributed by atoms with Gasteiger partial charge in [0.2, 0.25) is 0 Å². The summed E-state index contributed by atoms with van der Waals surface area (Å²) in [6, 6.07) is 2.02. The molecule has 1 aromatic rings. The van der Waals surface area contributed by atoms with Crippen molar-refractivity contribution in [3.05, 3.63) is 18.5 Å². The molecule has 3 rings (SSSR count). The number of nitrogens with one attached hydrogen (secondary N) is 1. The van der Waals surface area contributed by atoms with Crippen molar-refractivity contribution in [2.24, 2.45) is 11.3 Å². The van der Waals surface area contributed by atoms with Gasteiger partial charge in [0.1, 0.15) is 0 Å². The molecule has 0 aliphatic carbocycles. The maximum Gasteiger partial charge on any atom is 0.0489 e. The van der Waals surface area contributed by atoms with Crippen molar-refractivity contribution in [3.63, 3.8) is 0 Å². The van der Waals surface area contributed by atoms with E-state index in [1.54, 1.807) is 0 Å². The number of piperidine rings is 1. The van der Waals surface area contributed by atoms with Crippen LogP contribution in [-0.2, 0) is 6.54 Å². The molecule has 1 N–H and O–H groups in total. The lowest BCUT2D eigenvalue weighted by Gasteiger charge is -2.37. The zero-order valence-corrected chi connectivity index (χ0v) is 13.2. The standard InChI is InChI=1S/C15H26N4.ClH/c1-15(5-7-16-12-15)13-18-9-3-14(4-10-18)11-19-8-2-6-17-19;/h2,6,8,14,16H,3-5,7,9-13H2,1H3;1H. The van der Waals surface area contributed by atoms with Crippen molar-refractivity contribution >= 4 is 12.4 Å². The number of hydrogen-bond acceptors (Lipinski definition) is 3. The molecule has 0 spiro atoms. The molecule has 2 saturated heterocycles. The van der Waals surface area contributed by atoms with Crippen LogP contribution in [0.15, 0.2) is 18.5 Å². The summed E-state index contributed by atoms with van der Waals surface area (Å²) in [5.41, 5.74) is 0.509. The minimum atomic E-state index is 0. The largest absolute Gasteiger partial charge is 0.316 e. The molecule has 4 nitrogen and oxygen atoms in total. The summed E-state index contributed by atoms with van der Waals surface area (Å²) in [5, 5.41) is 7.82. The van der Waals surface area contributed by atoms with Crippen LogP contribution < -0.4 is 5.32 Å². The highest BCUT2D eigenvalue weighted by molar-refractivity contribution is 5.85. The molecule has 0 amide bonds. The Hall–Kier alpha value is -0.580. The fourth-order valence-corrected chi connectivity index (χ4v) is 3.54. The van der Waals surface area contributed by atoms with Crippen LogP contribution in [0.4, 0.5) is 0 Å². The van der Waals surface area contributed by atoms with Gasteiger partial charge in [0, 0.05) is 32.0 Å². The van der Waals surface area contributed by atoms with Crippen molar-refractivity contribution in [2.75, 3.05) is 32.7 Å². The second-order valence-corrected chi connectivity index (χ2v) is 6.69. The Labute approximate surface area is 128 Å². The maximum atomic E-state index is 4.32. The van der Waals surface area contributed by atoms with Gasteiger partial charge in [-0.15, -0.1) is 12.4 Å². The third-order valence-electron chi connectivity index (χ3n) is 4.77. The van der Waals surface area contributed by atoms with Gasteiger partial charge in [-0.05, 0) is 56.3 Å². The fourth-order valence-electron chi connectivity index (χ4n) is 3.54. The summed E-state index contributed by atoms with van der Waals surface area (Å²) in [5.74, 6) is 0.811. The maximum absolute atomic E-state index is 4.32. The van der Waals surface area contributed by atoms with Gasteiger partial charge < -0.3 is 10.2 Å². The van der Waals surface area contributed by atoms with Gasteiger partial charge >= 0.3 is 0 Å². The van der Waals surface area contributed by atoms with Crippen molar-refractivity contribution in [1.29, 1.82) is 0 Å². The van der Waals surface area contributed by atoms with Gasteiger partial charge in [0.05, 0.1) is 0 Å². The van der Waals surface area contributed by atoms with E-state index in [4.69, 9.17) is 0 Å². The average Bonchev–Trinajstić information content (AvgIpc) is 3.04. The van der Waals surface area contributed by atoms with E-state index in [2.05, 4.69) is 33.1 Å². The van der Waals surface area contributed by atoms with Crippen molar-refractivity contribution < 1.29 is 0 Å². The first-order chi connectivity index (χ1) is 9.23. The molecule has 1 atom stereocenters. The Morgan fingerprint density at radius 1 is 1.35 bits per heavy atom. The Kier molecular flexibility index (Phi) is 5.47. The van der Waals surface area contributed by atoms with E-state index in [9.17, 15) is 0 Å². The Morgan fingerprint density at radius 3 is 2.75 bits per heavy atom. The second kappa shape index (κ2) is 6.92. The van der Waals surface area contributed by atoms with Crippen LogP contribution in [-0.4, -0.2) is 47.4 Å². The third kappa shape index (κ3) is 3.96. The molecule has 2 aliphatic rings. The SMILES string of the molecule is CC1(CN2CCC(Cn3cccn3)CC2)CCNC1.Cl. The molecular formula is C15H27ClN4. The van der Waals surface area contributed by atoms with Gasteiger partial charge in [-0.1, -0.05) is 6.92 Å². The van der Waals surface area contributed by atoms with Crippen molar-refractivity contribution in [1.82, 2.24) is 20.0 Å². The predicted octanol–water partition coefficient (Wildman–Crippen LogP) is 2.02. The highest BCUT2D eigenvalue weighted by Gasteiger charge is 2.32. The zero-order chi connectivity index (χ0) is 13.1. The smallest absolute Gasteiger partial charge is 0.0489 e. The van der Waals surface area contributed by atoms with E-state index < -0.39 is 0 Å². The molecule has 0 saturated carbocycles. The molecule has 3 heterocycles. The van der Waals surface area contributed by atoms with E-state index in [-0.39, 0.29) is 12.4 Å². The van der Waals surface area contributed by atoms with Gasteiger partial charge in [0.15, 0.2) is 0 Å². The monoisotopic (exact) mass is 298 g/mol. The number of likely N-dealkylation sites (tertiary alicyclic amines) is 1. The minimum absolute atomic E-state index is 0. The van der Waals surface area contributed by atoms with E-state index in [0.717, 1.165) is 12.5 Å². The molecule has 2 fully saturated rings. The van der Waals surface area contributed by atoms with E-state index >= 15 is 0 Å². The van der Waals surface area contributed by atoms with Gasteiger partial charge in [0.25, 0.3) is 0 Å². The summed E-state index contributed by atoms with van der Waals surface area (Å²) < 4.78 is 2.09. The normalized spacial score (nSPS) is 28.4. The van der Waals surface area contributed by atoms with Crippen LogP contribution in [0, 0.1) is 11.3 Å². The van der Waals surface area contributed by atoms with E-state index in [0.29, 0.717) is 5.41 Å². The van der Waals surface area contributed by atoms with Crippen molar-refractivity contribution in [2.45, 2.75) is 32.7 Å². The topological polar surface area (TPSA) is 33.1 Å². The minimum Gasteiger partial charge on any atom is -0.316 e. The molecule has 0 aromatic carbocycles. The summed E-state index contributed by atoms with van der Waals surface area (Å²) in [6.45, 7) is 9.73. The summed E-state index contributed by atoms with van der Waals surface area (Å²) in [4.78, 5) is 2.67. The summed E-state index contributed by atoms with van der Waals surface area (Å²) in [6.07, 6.45) is 7.94. The second-order valence-electron chi connectivity index (χ2n) is 6.69. The number of nitrogens with zero attached hydrogens (tertiary/aromatic N) is 3. The summed E-state index contributed by atoms with van der Waals surface area (Å²) >= 11 is 0. The molecule has 1 unspecified atom stereocenters. The number of halogens is 1. The third-order valence-corrected chi connectivity index (χ3v) is 4.77. The van der Waals surface area contributed by atoms with Gasteiger partial charge in [-0.2, -0.15) is 5.10 Å². The highest BCUT2D eigenvalue weighted by Crippen LogP contribution is 2.28. The van der Waals surface area contributed by atoms with E-state index in [1.165, 1.54) is 52.0 Å². The predicted molar refractivity (Wildman–Crippen MR) is 84.2 cm³/mol. The zero-order valence-electron chi connectivity index (χ0n) is 12.4. The number of rotatable bonds is 4. The first kappa shape index (κ1) is 15.8. The molecular weight excluding hydrogens is 272 g/mol. The lowest BCUT2D eigenvalue weighted by atomic mass is 9.87. The van der Waals surface area contributed by atoms with Crippen LogP contribution in [0.25, 0.3) is 0 Å². The Bertz CT molecular complexity index is 379.